The summed E-state index contributed by atoms with van der Waals surface area (Å²) in [6.07, 6.45) is 3.35. The van der Waals surface area contributed by atoms with Crippen molar-refractivity contribution in [3.8, 4) is 17.0 Å². The number of thiophene rings is 1. The summed E-state index contributed by atoms with van der Waals surface area (Å²) in [6.45, 7) is 1.15. The Bertz CT molecular complexity index is 1550. The molecular weight excluding hydrogens is 585 g/mol. The number of hydrogen-bond donors (Lipinski definition) is 2. The largest absolute Gasteiger partial charge is 0.493 e. The summed E-state index contributed by atoms with van der Waals surface area (Å²) in [7, 11) is 0. The molecule has 0 saturated carbocycles. The first-order valence-corrected chi connectivity index (χ1v) is 13.6. The summed E-state index contributed by atoms with van der Waals surface area (Å²) in [4.78, 5) is 31.0. The Labute approximate surface area is 225 Å². The number of aromatic nitrogens is 4. The number of nitrogens with one attached hydrogen (secondary N) is 2. The van der Waals surface area contributed by atoms with Crippen molar-refractivity contribution in [2.24, 2.45) is 0 Å². The summed E-state index contributed by atoms with van der Waals surface area (Å²) in [6, 6.07) is 17.8. The second kappa shape index (κ2) is 9.98. The van der Waals surface area contributed by atoms with Crippen LogP contribution in [-0.4, -0.2) is 39.0 Å². The fraction of sp³-hybridized carbons (Fsp3) is 0.185. The van der Waals surface area contributed by atoms with Crippen LogP contribution in [0.5, 0.6) is 5.75 Å². The number of carbonyl (C=O) groups is 1. The molecule has 36 heavy (non-hydrogen) atoms. The molecule has 4 heterocycles. The van der Waals surface area contributed by atoms with E-state index in [0.29, 0.717) is 22.5 Å². The summed E-state index contributed by atoms with van der Waals surface area (Å²) < 4.78 is 6.76. The Morgan fingerprint density at radius 3 is 2.97 bits per heavy atom. The molecule has 1 atom stereocenters. The number of halogens is 1. The van der Waals surface area contributed by atoms with Gasteiger partial charge in [-0.2, -0.15) is 0 Å². The van der Waals surface area contributed by atoms with Gasteiger partial charge in [-0.3, -0.25) is 4.79 Å². The lowest BCUT2D eigenvalue weighted by atomic mass is 9.94. The van der Waals surface area contributed by atoms with Crippen molar-refractivity contribution in [3.63, 3.8) is 0 Å². The maximum absolute atomic E-state index is 12.7. The van der Waals surface area contributed by atoms with Crippen LogP contribution < -0.4 is 10.1 Å². The zero-order valence-electron chi connectivity index (χ0n) is 19.2. The quantitative estimate of drug-likeness (QED) is 0.200. The summed E-state index contributed by atoms with van der Waals surface area (Å²) in [5.74, 6) is 1.73. The third kappa shape index (κ3) is 4.85. The van der Waals surface area contributed by atoms with Gasteiger partial charge in [0.2, 0.25) is 0 Å². The molecule has 0 spiro atoms. The van der Waals surface area contributed by atoms with E-state index in [0.717, 1.165) is 52.3 Å². The van der Waals surface area contributed by atoms with Crippen LogP contribution in [0.15, 0.2) is 66.2 Å². The van der Waals surface area contributed by atoms with E-state index < -0.39 is 0 Å². The highest BCUT2D eigenvalue weighted by molar-refractivity contribution is 14.1. The van der Waals surface area contributed by atoms with Crippen LogP contribution in [0.25, 0.3) is 22.3 Å². The van der Waals surface area contributed by atoms with Gasteiger partial charge >= 0.3 is 0 Å². The molecular formula is C27H22IN5O2S. The molecule has 7 nitrogen and oxygen atoms in total. The van der Waals surface area contributed by atoms with E-state index in [9.17, 15) is 4.79 Å². The third-order valence-electron chi connectivity index (χ3n) is 6.28. The second-order valence-electron chi connectivity index (χ2n) is 8.68. The standard InChI is InChI=1S/C27H22IN5O2S/c28-27-30-10-8-21(33-27)16-3-5-22-23(14-16)32-25(31-22)19-13-18-12-17(4-6-24(18)35-15-19)26(34)29-9-7-20-2-1-11-36-20/h1-6,8,10-12,14,19H,7,9,13,15H2,(H,29,34)(H,31,32). The van der Waals surface area contributed by atoms with Crippen LogP contribution in [0, 0.1) is 3.83 Å². The Kier molecular flexibility index (Phi) is 6.41. The first-order valence-electron chi connectivity index (χ1n) is 11.7. The number of nitrogens with zero attached hydrogens (tertiary/aromatic N) is 3. The maximum atomic E-state index is 12.7. The van der Waals surface area contributed by atoms with Crippen molar-refractivity contribution in [1.82, 2.24) is 25.3 Å². The van der Waals surface area contributed by atoms with Gasteiger partial charge in [-0.05, 0) is 66.2 Å². The number of fused-ring (bicyclic) bond motifs is 2. The Morgan fingerprint density at radius 2 is 2.11 bits per heavy atom. The molecule has 0 fully saturated rings. The lowest BCUT2D eigenvalue weighted by Gasteiger charge is -2.24. The number of ether oxygens (including phenoxy) is 1. The molecule has 0 bridgehead atoms. The molecule has 3 aromatic heterocycles. The molecule has 0 aliphatic carbocycles. The molecule has 2 aromatic carbocycles. The molecule has 1 amide bonds. The zero-order valence-corrected chi connectivity index (χ0v) is 22.2. The molecule has 1 aliphatic heterocycles. The minimum Gasteiger partial charge on any atom is -0.493 e. The van der Waals surface area contributed by atoms with Crippen LogP contribution >= 0.6 is 33.9 Å². The van der Waals surface area contributed by atoms with Crippen molar-refractivity contribution >= 4 is 50.9 Å². The lowest BCUT2D eigenvalue weighted by molar-refractivity contribution is 0.0954. The van der Waals surface area contributed by atoms with Gasteiger partial charge in [0, 0.05) is 51.3 Å². The number of amides is 1. The van der Waals surface area contributed by atoms with Gasteiger partial charge in [0.1, 0.15) is 11.6 Å². The van der Waals surface area contributed by atoms with E-state index in [-0.39, 0.29) is 11.8 Å². The number of imidazole rings is 1. The van der Waals surface area contributed by atoms with Gasteiger partial charge in [0.15, 0.2) is 3.83 Å². The first kappa shape index (κ1) is 23.1. The van der Waals surface area contributed by atoms with E-state index in [1.807, 2.05) is 48.5 Å². The van der Waals surface area contributed by atoms with E-state index in [1.165, 1.54) is 4.88 Å². The number of H-pyrrole nitrogens is 1. The summed E-state index contributed by atoms with van der Waals surface area (Å²) >= 11 is 3.82. The molecule has 5 aromatic rings. The highest BCUT2D eigenvalue weighted by Gasteiger charge is 2.25. The van der Waals surface area contributed by atoms with Crippen molar-refractivity contribution in [2.45, 2.75) is 18.8 Å². The molecule has 0 radical (unpaired) electrons. The fourth-order valence-electron chi connectivity index (χ4n) is 4.44. The van der Waals surface area contributed by atoms with E-state index in [2.05, 4.69) is 54.3 Å². The molecule has 0 saturated heterocycles. The fourth-order valence-corrected chi connectivity index (χ4v) is 5.57. The average Bonchev–Trinajstić information content (AvgIpc) is 3.57. The topological polar surface area (TPSA) is 92.8 Å². The maximum Gasteiger partial charge on any atom is 0.251 e. The predicted octanol–water partition coefficient (Wildman–Crippen LogP) is 5.38. The van der Waals surface area contributed by atoms with Gasteiger partial charge in [0.25, 0.3) is 5.91 Å². The van der Waals surface area contributed by atoms with Crippen molar-refractivity contribution in [2.75, 3.05) is 13.2 Å². The Morgan fingerprint density at radius 1 is 1.17 bits per heavy atom. The number of rotatable bonds is 6. The monoisotopic (exact) mass is 607 g/mol. The van der Waals surface area contributed by atoms with Crippen LogP contribution in [0.4, 0.5) is 0 Å². The highest BCUT2D eigenvalue weighted by atomic mass is 127. The van der Waals surface area contributed by atoms with E-state index in [1.54, 1.807) is 17.5 Å². The van der Waals surface area contributed by atoms with Gasteiger partial charge in [-0.1, -0.05) is 12.1 Å². The molecule has 6 rings (SSSR count). The number of hydrogen-bond acceptors (Lipinski definition) is 6. The number of benzene rings is 2. The van der Waals surface area contributed by atoms with Gasteiger partial charge < -0.3 is 15.0 Å². The number of aromatic amines is 1. The average molecular weight is 607 g/mol. The Hall–Kier alpha value is -3.31. The third-order valence-corrected chi connectivity index (χ3v) is 7.73. The van der Waals surface area contributed by atoms with Crippen molar-refractivity contribution in [1.29, 1.82) is 0 Å². The lowest BCUT2D eigenvalue weighted by Crippen LogP contribution is -2.26. The van der Waals surface area contributed by atoms with Gasteiger partial charge in [0.05, 0.1) is 29.3 Å². The summed E-state index contributed by atoms with van der Waals surface area (Å²) in [5, 5.41) is 5.08. The zero-order chi connectivity index (χ0) is 24.5. The van der Waals surface area contributed by atoms with Crippen LogP contribution in [0.3, 0.4) is 0 Å². The molecule has 1 unspecified atom stereocenters. The van der Waals surface area contributed by atoms with Gasteiger partial charge in [-0.25, -0.2) is 15.0 Å². The molecule has 1 aliphatic rings. The smallest absolute Gasteiger partial charge is 0.251 e. The SMILES string of the molecule is O=C(NCCc1cccs1)c1ccc2c(c1)CC(c1nc3cc(-c4ccnc(I)n4)ccc3[nH]1)CO2. The molecule has 180 valence electrons. The summed E-state index contributed by atoms with van der Waals surface area (Å²) in [5.41, 5.74) is 5.41. The van der Waals surface area contributed by atoms with E-state index >= 15 is 0 Å². The predicted molar refractivity (Wildman–Crippen MR) is 149 cm³/mol. The highest BCUT2D eigenvalue weighted by Crippen LogP contribution is 2.33. The second-order valence-corrected chi connectivity index (χ2v) is 10.7. The van der Waals surface area contributed by atoms with Crippen LogP contribution in [-0.2, 0) is 12.8 Å². The number of carbonyl (C=O) groups excluding carboxylic acids is 1. The van der Waals surface area contributed by atoms with Gasteiger partial charge in [-0.15, -0.1) is 11.3 Å². The molecule has 9 heteroatoms. The molecule has 2 N–H and O–H groups in total. The first-order chi connectivity index (χ1) is 17.6. The normalized spacial score (nSPS) is 14.9. The van der Waals surface area contributed by atoms with Crippen molar-refractivity contribution in [3.05, 3.63) is 91.8 Å². The van der Waals surface area contributed by atoms with Crippen molar-refractivity contribution < 1.29 is 9.53 Å². The van der Waals surface area contributed by atoms with E-state index in [4.69, 9.17) is 9.72 Å². The Balaban J connectivity index is 1.18. The van der Waals surface area contributed by atoms with Crippen LogP contribution in [0.1, 0.15) is 32.5 Å². The minimum atomic E-state index is -0.0628. The van der Waals surface area contributed by atoms with Crippen LogP contribution in [0.2, 0.25) is 0 Å². The minimum absolute atomic E-state index is 0.0628.